The minimum absolute atomic E-state index is 0.0150. The van der Waals surface area contributed by atoms with Gasteiger partial charge in [0.05, 0.1) is 24.0 Å². The van der Waals surface area contributed by atoms with Crippen LogP contribution >= 0.6 is 0 Å². The van der Waals surface area contributed by atoms with Gasteiger partial charge in [-0.3, -0.25) is 15.0 Å². The molecule has 4 rings (SSSR count). The second-order valence-electron chi connectivity index (χ2n) is 10.6. The maximum Gasteiger partial charge on any atom is 0.230 e. The summed E-state index contributed by atoms with van der Waals surface area (Å²) in [6.45, 7) is 11.0. The van der Waals surface area contributed by atoms with Crippen LogP contribution in [0.1, 0.15) is 71.8 Å². The molecule has 2 N–H and O–H groups in total. The van der Waals surface area contributed by atoms with E-state index < -0.39 is 0 Å². The van der Waals surface area contributed by atoms with E-state index in [1.165, 1.54) is 5.56 Å². The molecule has 3 aliphatic rings. The Kier molecular flexibility index (Phi) is 7.65. The molecule has 1 aromatic rings. The van der Waals surface area contributed by atoms with E-state index in [9.17, 15) is 14.7 Å². The van der Waals surface area contributed by atoms with Crippen LogP contribution in [-0.4, -0.2) is 60.8 Å². The first kappa shape index (κ1) is 25.1. The SMILES string of the molecule is CCCC(CCC)C1(c2ccc3c(c2)N(C(=O)C2CC2)C[C@H](C)N3C(C)=O)CNN(CCO)C1. The number of carbonyl (C=O) groups excluding carboxylic acids is 2. The predicted molar refractivity (Wildman–Crippen MR) is 136 cm³/mol. The van der Waals surface area contributed by atoms with Crippen molar-refractivity contribution in [1.29, 1.82) is 0 Å². The van der Waals surface area contributed by atoms with Crippen molar-refractivity contribution < 1.29 is 14.7 Å². The lowest BCUT2D eigenvalue weighted by Gasteiger charge is -2.43. The number of rotatable bonds is 9. The lowest BCUT2D eigenvalue weighted by Crippen LogP contribution is -2.52. The van der Waals surface area contributed by atoms with Crippen LogP contribution in [-0.2, 0) is 15.0 Å². The summed E-state index contributed by atoms with van der Waals surface area (Å²) in [4.78, 5) is 29.7. The van der Waals surface area contributed by atoms with Crippen LogP contribution in [0.5, 0.6) is 0 Å². The number of aliphatic hydroxyl groups excluding tert-OH is 1. The standard InChI is InChI=1S/C27H42N4O3/c1-5-7-22(8-6-2)27(17-28-29(18-27)13-14-32)23-11-12-24-25(15-23)30(26(34)21-9-10-21)16-19(3)31(24)20(4)33/h11-12,15,19,21-22,28,32H,5-10,13-14,16-18H2,1-4H3/t19-,27?/m0/s1. The van der Waals surface area contributed by atoms with Crippen LogP contribution in [0.25, 0.3) is 0 Å². The zero-order valence-corrected chi connectivity index (χ0v) is 21.3. The summed E-state index contributed by atoms with van der Waals surface area (Å²) in [5.41, 5.74) is 6.41. The van der Waals surface area contributed by atoms with Crippen molar-refractivity contribution in [2.75, 3.05) is 42.6 Å². The molecule has 2 heterocycles. The summed E-state index contributed by atoms with van der Waals surface area (Å²) in [6, 6.07) is 6.42. The monoisotopic (exact) mass is 470 g/mol. The van der Waals surface area contributed by atoms with Gasteiger partial charge in [-0.2, -0.15) is 0 Å². The normalized spacial score (nSPS) is 25.2. The molecule has 34 heavy (non-hydrogen) atoms. The summed E-state index contributed by atoms with van der Waals surface area (Å²) in [5, 5.41) is 11.7. The fourth-order valence-corrected chi connectivity index (χ4v) is 6.25. The van der Waals surface area contributed by atoms with E-state index in [4.69, 9.17) is 0 Å². The maximum absolute atomic E-state index is 13.3. The van der Waals surface area contributed by atoms with Gasteiger partial charge in [0.1, 0.15) is 0 Å². The van der Waals surface area contributed by atoms with Gasteiger partial charge in [-0.25, -0.2) is 5.01 Å². The van der Waals surface area contributed by atoms with Gasteiger partial charge in [-0.05, 0) is 56.2 Å². The molecule has 2 amide bonds. The van der Waals surface area contributed by atoms with Gasteiger partial charge >= 0.3 is 0 Å². The fraction of sp³-hybridized carbons (Fsp3) is 0.704. The number of nitrogens with one attached hydrogen (secondary N) is 1. The van der Waals surface area contributed by atoms with Crippen LogP contribution in [0.4, 0.5) is 11.4 Å². The Morgan fingerprint density at radius 2 is 1.88 bits per heavy atom. The fourth-order valence-electron chi connectivity index (χ4n) is 6.25. The molecule has 1 unspecified atom stereocenters. The highest BCUT2D eigenvalue weighted by atomic mass is 16.3. The molecule has 2 atom stereocenters. The molecular weight excluding hydrogens is 428 g/mol. The molecule has 7 heteroatoms. The minimum Gasteiger partial charge on any atom is -0.395 e. The number of amides is 2. The Bertz CT molecular complexity index is 896. The van der Waals surface area contributed by atoms with Crippen molar-refractivity contribution in [3.05, 3.63) is 23.8 Å². The average Bonchev–Trinajstić information content (AvgIpc) is 3.58. The second kappa shape index (κ2) is 10.3. The lowest BCUT2D eigenvalue weighted by molar-refractivity contribution is -0.120. The van der Waals surface area contributed by atoms with Crippen LogP contribution in [0, 0.1) is 11.8 Å². The summed E-state index contributed by atoms with van der Waals surface area (Å²) < 4.78 is 0. The molecular formula is C27H42N4O3. The molecule has 0 spiro atoms. The van der Waals surface area contributed by atoms with Gasteiger partial charge in [-0.15, -0.1) is 0 Å². The van der Waals surface area contributed by atoms with Crippen molar-refractivity contribution in [2.45, 2.75) is 77.7 Å². The van der Waals surface area contributed by atoms with Gasteiger partial charge in [0.2, 0.25) is 11.8 Å². The van der Waals surface area contributed by atoms with E-state index in [-0.39, 0.29) is 35.8 Å². The topological polar surface area (TPSA) is 76.1 Å². The molecule has 0 bridgehead atoms. The van der Waals surface area contributed by atoms with Crippen molar-refractivity contribution >= 4 is 23.2 Å². The first-order valence-corrected chi connectivity index (χ1v) is 13.2. The average molecular weight is 471 g/mol. The first-order valence-electron chi connectivity index (χ1n) is 13.2. The molecule has 188 valence electrons. The number of hydrazine groups is 1. The van der Waals surface area contributed by atoms with E-state index in [0.717, 1.165) is 63.0 Å². The van der Waals surface area contributed by atoms with E-state index in [2.05, 4.69) is 42.5 Å². The van der Waals surface area contributed by atoms with Crippen LogP contribution < -0.4 is 15.2 Å². The summed E-state index contributed by atoms with van der Waals surface area (Å²) in [6.07, 6.45) is 6.46. The highest BCUT2D eigenvalue weighted by molar-refractivity contribution is 6.05. The van der Waals surface area contributed by atoms with E-state index in [1.807, 2.05) is 16.7 Å². The number of aliphatic hydroxyl groups is 1. The molecule has 1 saturated heterocycles. The smallest absolute Gasteiger partial charge is 0.230 e. The number of carbonyl (C=O) groups is 2. The first-order chi connectivity index (χ1) is 16.4. The molecule has 2 fully saturated rings. The largest absolute Gasteiger partial charge is 0.395 e. The lowest BCUT2D eigenvalue weighted by atomic mass is 9.67. The molecule has 1 aromatic carbocycles. The van der Waals surface area contributed by atoms with E-state index in [1.54, 1.807) is 6.92 Å². The third-order valence-electron chi connectivity index (χ3n) is 8.04. The molecule has 1 aliphatic carbocycles. The van der Waals surface area contributed by atoms with Gasteiger partial charge in [-0.1, -0.05) is 32.8 Å². The zero-order chi connectivity index (χ0) is 24.5. The minimum atomic E-state index is -0.103. The molecule has 0 aromatic heterocycles. The van der Waals surface area contributed by atoms with Gasteiger partial charge in [0.25, 0.3) is 0 Å². The van der Waals surface area contributed by atoms with Crippen molar-refractivity contribution in [3.8, 4) is 0 Å². The molecule has 1 saturated carbocycles. The van der Waals surface area contributed by atoms with Gasteiger partial charge in [0, 0.05) is 44.4 Å². The van der Waals surface area contributed by atoms with Crippen LogP contribution in [0.3, 0.4) is 0 Å². The third kappa shape index (κ3) is 4.62. The quantitative estimate of drug-likeness (QED) is 0.578. The number of β-amino-alcohol motifs (C(OH)–C–C–N with tert-alkyl or cyclic N) is 1. The number of fused-ring (bicyclic) bond motifs is 1. The van der Waals surface area contributed by atoms with E-state index in [0.29, 0.717) is 19.0 Å². The number of hydrogen-bond acceptors (Lipinski definition) is 5. The summed E-state index contributed by atoms with van der Waals surface area (Å²) in [7, 11) is 0. The maximum atomic E-state index is 13.3. The Hall–Kier alpha value is -1.96. The molecule has 7 nitrogen and oxygen atoms in total. The third-order valence-corrected chi connectivity index (χ3v) is 8.04. The predicted octanol–water partition coefficient (Wildman–Crippen LogP) is 3.45. The van der Waals surface area contributed by atoms with Crippen LogP contribution in [0.15, 0.2) is 18.2 Å². The number of anilines is 2. The van der Waals surface area contributed by atoms with Crippen molar-refractivity contribution in [3.63, 3.8) is 0 Å². The van der Waals surface area contributed by atoms with Gasteiger partial charge in [0.15, 0.2) is 0 Å². The highest BCUT2D eigenvalue weighted by Gasteiger charge is 2.46. The van der Waals surface area contributed by atoms with Crippen molar-refractivity contribution in [2.24, 2.45) is 11.8 Å². The zero-order valence-electron chi connectivity index (χ0n) is 21.3. The second-order valence-corrected chi connectivity index (χ2v) is 10.6. The summed E-state index contributed by atoms with van der Waals surface area (Å²) >= 11 is 0. The van der Waals surface area contributed by atoms with E-state index >= 15 is 0 Å². The Labute approximate surface area is 204 Å². The van der Waals surface area contributed by atoms with Crippen molar-refractivity contribution in [1.82, 2.24) is 10.4 Å². The van der Waals surface area contributed by atoms with Crippen LogP contribution in [0.2, 0.25) is 0 Å². The Balaban J connectivity index is 1.81. The number of hydrogen-bond donors (Lipinski definition) is 2. The molecule has 0 radical (unpaired) electrons. The number of benzene rings is 1. The van der Waals surface area contributed by atoms with Gasteiger partial charge < -0.3 is 14.9 Å². The number of nitrogens with zero attached hydrogens (tertiary/aromatic N) is 3. The molecule has 2 aliphatic heterocycles. The summed E-state index contributed by atoms with van der Waals surface area (Å²) in [5.74, 6) is 0.840. The highest BCUT2D eigenvalue weighted by Crippen LogP contribution is 2.46. The Morgan fingerprint density at radius 1 is 1.18 bits per heavy atom. The Morgan fingerprint density at radius 3 is 2.47 bits per heavy atom.